The van der Waals surface area contributed by atoms with Crippen LogP contribution in [0.5, 0.6) is 0 Å². The van der Waals surface area contributed by atoms with Crippen molar-refractivity contribution in [3.8, 4) is 0 Å². The molecule has 0 aromatic carbocycles. The highest BCUT2D eigenvalue weighted by Crippen LogP contribution is 2.23. The summed E-state index contributed by atoms with van der Waals surface area (Å²) in [6.45, 7) is 0. The summed E-state index contributed by atoms with van der Waals surface area (Å²) in [5.41, 5.74) is 0.898. The highest BCUT2D eigenvalue weighted by molar-refractivity contribution is 7.10. The van der Waals surface area contributed by atoms with Gasteiger partial charge in [-0.1, -0.05) is 12.1 Å². The molecule has 0 aliphatic carbocycles. The molecule has 4 nitrogen and oxygen atoms in total. The second-order valence-electron chi connectivity index (χ2n) is 4.74. The van der Waals surface area contributed by atoms with Crippen LogP contribution in [0.25, 0.3) is 0 Å². The SMILES string of the molecule is COC(=O)Cc1nc(Cc2cccs2)c(Cc2cccs2)o1. The Balaban J connectivity index is 1.85. The molecule has 0 aliphatic heterocycles. The van der Waals surface area contributed by atoms with E-state index in [-0.39, 0.29) is 12.4 Å². The number of rotatable bonds is 6. The zero-order valence-corrected chi connectivity index (χ0v) is 13.7. The minimum atomic E-state index is -0.341. The molecule has 0 saturated heterocycles. The van der Waals surface area contributed by atoms with E-state index >= 15 is 0 Å². The van der Waals surface area contributed by atoms with E-state index in [1.54, 1.807) is 22.7 Å². The van der Waals surface area contributed by atoms with Crippen LogP contribution in [0.1, 0.15) is 27.1 Å². The first kappa shape index (κ1) is 15.0. The van der Waals surface area contributed by atoms with Gasteiger partial charge in [-0.2, -0.15) is 0 Å². The molecule has 3 rings (SSSR count). The number of carbonyl (C=O) groups excluding carboxylic acids is 1. The van der Waals surface area contributed by atoms with Crippen molar-refractivity contribution in [1.82, 2.24) is 4.98 Å². The summed E-state index contributed by atoms with van der Waals surface area (Å²) >= 11 is 3.38. The largest absolute Gasteiger partial charge is 0.469 e. The van der Waals surface area contributed by atoms with Gasteiger partial charge in [0, 0.05) is 22.6 Å². The number of methoxy groups -OCH3 is 1. The van der Waals surface area contributed by atoms with E-state index in [1.807, 2.05) is 22.9 Å². The van der Waals surface area contributed by atoms with Crippen molar-refractivity contribution in [2.24, 2.45) is 0 Å². The fourth-order valence-corrected chi connectivity index (χ4v) is 3.55. The maximum absolute atomic E-state index is 11.4. The number of carbonyl (C=O) groups is 1. The summed E-state index contributed by atoms with van der Waals surface area (Å²) in [6.07, 6.45) is 1.49. The molecule has 0 aliphatic rings. The number of hydrogen-bond acceptors (Lipinski definition) is 6. The number of nitrogens with zero attached hydrogens (tertiary/aromatic N) is 1. The van der Waals surface area contributed by atoms with Gasteiger partial charge in [0.05, 0.1) is 12.8 Å². The molecule has 3 heterocycles. The maximum atomic E-state index is 11.4. The summed E-state index contributed by atoms with van der Waals surface area (Å²) in [7, 11) is 1.37. The number of aromatic nitrogens is 1. The molecule has 114 valence electrons. The molecule has 6 heteroatoms. The molecule has 0 fully saturated rings. The van der Waals surface area contributed by atoms with Crippen LogP contribution in [0.15, 0.2) is 39.4 Å². The summed E-state index contributed by atoms with van der Waals surface area (Å²) in [6, 6.07) is 8.19. The number of hydrogen-bond donors (Lipinski definition) is 0. The minimum Gasteiger partial charge on any atom is -0.469 e. The Morgan fingerprint density at radius 3 is 2.45 bits per heavy atom. The first-order chi connectivity index (χ1) is 10.7. The molecule has 3 aromatic heterocycles. The van der Waals surface area contributed by atoms with E-state index in [0.717, 1.165) is 17.9 Å². The van der Waals surface area contributed by atoms with Crippen LogP contribution in [-0.4, -0.2) is 18.1 Å². The van der Waals surface area contributed by atoms with E-state index in [2.05, 4.69) is 21.9 Å². The van der Waals surface area contributed by atoms with Gasteiger partial charge in [-0.25, -0.2) is 4.98 Å². The van der Waals surface area contributed by atoms with Crippen LogP contribution >= 0.6 is 22.7 Å². The summed E-state index contributed by atoms with van der Waals surface area (Å²) in [4.78, 5) is 18.4. The van der Waals surface area contributed by atoms with Gasteiger partial charge < -0.3 is 9.15 Å². The lowest BCUT2D eigenvalue weighted by atomic mass is 10.2. The predicted octanol–water partition coefficient (Wildman–Crippen LogP) is 3.69. The lowest BCUT2D eigenvalue weighted by Gasteiger charge is -1.98. The van der Waals surface area contributed by atoms with Crippen LogP contribution in [-0.2, 0) is 28.8 Å². The van der Waals surface area contributed by atoms with E-state index in [9.17, 15) is 4.79 Å². The number of ether oxygens (including phenoxy) is 1. The van der Waals surface area contributed by atoms with Crippen molar-refractivity contribution < 1.29 is 13.9 Å². The minimum absolute atomic E-state index is 0.0678. The van der Waals surface area contributed by atoms with Gasteiger partial charge in [-0.3, -0.25) is 4.79 Å². The van der Waals surface area contributed by atoms with Crippen LogP contribution in [0.4, 0.5) is 0 Å². The van der Waals surface area contributed by atoms with Crippen LogP contribution in [0, 0.1) is 0 Å². The van der Waals surface area contributed by atoms with Crippen LogP contribution < -0.4 is 0 Å². The number of esters is 1. The lowest BCUT2D eigenvalue weighted by molar-refractivity contribution is -0.140. The molecule has 0 spiro atoms. The van der Waals surface area contributed by atoms with Crippen molar-refractivity contribution in [2.75, 3.05) is 7.11 Å². The van der Waals surface area contributed by atoms with Crippen molar-refractivity contribution in [2.45, 2.75) is 19.3 Å². The second-order valence-corrected chi connectivity index (χ2v) is 6.81. The fourth-order valence-electron chi connectivity index (χ4n) is 2.13. The third-order valence-corrected chi connectivity index (χ3v) is 4.94. The standard InChI is InChI=1S/C16H15NO3S2/c1-19-16(18)10-15-17-13(8-11-4-2-6-21-11)14(20-15)9-12-5-3-7-22-12/h2-7H,8-10H2,1H3. The fraction of sp³-hybridized carbons (Fsp3) is 0.250. The average Bonchev–Trinajstić information content (AvgIpc) is 3.23. The topological polar surface area (TPSA) is 52.3 Å². The summed E-state index contributed by atoms with van der Waals surface area (Å²) < 4.78 is 10.5. The Bertz CT molecular complexity index is 676. The number of thiophene rings is 2. The molecule has 22 heavy (non-hydrogen) atoms. The van der Waals surface area contributed by atoms with Gasteiger partial charge in [0.2, 0.25) is 5.89 Å². The number of oxazole rings is 1. The molecule has 0 bridgehead atoms. The van der Waals surface area contributed by atoms with Crippen molar-refractivity contribution >= 4 is 28.6 Å². The third kappa shape index (κ3) is 3.64. The third-order valence-electron chi connectivity index (χ3n) is 3.18. The van der Waals surface area contributed by atoms with Crippen molar-refractivity contribution in [3.63, 3.8) is 0 Å². The molecule has 3 aromatic rings. The van der Waals surface area contributed by atoms with Gasteiger partial charge in [-0.05, 0) is 22.9 Å². The molecular formula is C16H15NO3S2. The van der Waals surface area contributed by atoms with Gasteiger partial charge in [-0.15, -0.1) is 22.7 Å². The molecule has 0 radical (unpaired) electrons. The first-order valence-electron chi connectivity index (χ1n) is 6.83. The second kappa shape index (κ2) is 6.89. The molecular weight excluding hydrogens is 318 g/mol. The van der Waals surface area contributed by atoms with Gasteiger partial charge in [0.1, 0.15) is 12.2 Å². The Morgan fingerprint density at radius 1 is 1.18 bits per heavy atom. The van der Waals surface area contributed by atoms with Gasteiger partial charge >= 0.3 is 5.97 Å². The molecule has 0 amide bonds. The normalized spacial score (nSPS) is 10.8. The Labute approximate surface area is 136 Å². The first-order valence-corrected chi connectivity index (χ1v) is 8.59. The Morgan fingerprint density at radius 2 is 1.86 bits per heavy atom. The van der Waals surface area contributed by atoms with Gasteiger partial charge in [0.15, 0.2) is 0 Å². The monoisotopic (exact) mass is 333 g/mol. The highest BCUT2D eigenvalue weighted by Gasteiger charge is 2.17. The van der Waals surface area contributed by atoms with Gasteiger partial charge in [0.25, 0.3) is 0 Å². The van der Waals surface area contributed by atoms with Crippen molar-refractivity contribution in [3.05, 3.63) is 62.1 Å². The quantitative estimate of drug-likeness (QED) is 0.646. The van der Waals surface area contributed by atoms with Crippen LogP contribution in [0.2, 0.25) is 0 Å². The average molecular weight is 333 g/mol. The lowest BCUT2D eigenvalue weighted by Crippen LogP contribution is -2.04. The molecule has 0 saturated carbocycles. The molecule has 0 N–H and O–H groups in total. The maximum Gasteiger partial charge on any atom is 0.314 e. The van der Waals surface area contributed by atoms with E-state index < -0.39 is 0 Å². The Kier molecular flexibility index (Phi) is 4.70. The smallest absolute Gasteiger partial charge is 0.314 e. The predicted molar refractivity (Wildman–Crippen MR) is 86.5 cm³/mol. The zero-order chi connectivity index (χ0) is 15.4. The molecule has 0 atom stereocenters. The van der Waals surface area contributed by atoms with Crippen molar-refractivity contribution in [1.29, 1.82) is 0 Å². The highest BCUT2D eigenvalue weighted by atomic mass is 32.1. The Hall–Kier alpha value is -1.92. The van der Waals surface area contributed by atoms with E-state index in [4.69, 9.17) is 4.42 Å². The summed E-state index contributed by atoms with van der Waals surface area (Å²) in [5, 5.41) is 4.09. The van der Waals surface area contributed by atoms with E-state index in [0.29, 0.717) is 12.3 Å². The van der Waals surface area contributed by atoms with E-state index in [1.165, 1.54) is 16.9 Å². The van der Waals surface area contributed by atoms with Crippen LogP contribution in [0.3, 0.4) is 0 Å². The zero-order valence-electron chi connectivity index (χ0n) is 12.1. The molecule has 0 unspecified atom stereocenters. The summed E-state index contributed by atoms with van der Waals surface area (Å²) in [5.74, 6) is 0.909.